The first-order chi connectivity index (χ1) is 11.2. The van der Waals surface area contributed by atoms with Crippen LogP contribution in [0.25, 0.3) is 11.2 Å². The number of likely N-dealkylation sites (N-methyl/N-ethyl adjacent to an activating group) is 1. The lowest BCUT2D eigenvalue weighted by Gasteiger charge is -2.30. The van der Waals surface area contributed by atoms with E-state index in [1.807, 2.05) is 12.3 Å². The van der Waals surface area contributed by atoms with E-state index in [0.717, 1.165) is 30.2 Å². The molecular formula is C18H27N5. The number of rotatable bonds is 3. The first kappa shape index (κ1) is 15.1. The van der Waals surface area contributed by atoms with Crippen LogP contribution < -0.4 is 0 Å². The second kappa shape index (κ2) is 6.21. The summed E-state index contributed by atoms with van der Waals surface area (Å²) >= 11 is 0. The summed E-state index contributed by atoms with van der Waals surface area (Å²) < 4.78 is 2.43. The molecule has 0 N–H and O–H groups in total. The fourth-order valence-corrected chi connectivity index (χ4v) is 4.28. The minimum atomic E-state index is 0.544. The van der Waals surface area contributed by atoms with E-state index in [0.29, 0.717) is 5.92 Å². The van der Waals surface area contributed by atoms with Gasteiger partial charge in [0.15, 0.2) is 5.65 Å². The zero-order valence-electron chi connectivity index (χ0n) is 14.3. The van der Waals surface area contributed by atoms with E-state index in [9.17, 15) is 0 Å². The predicted molar refractivity (Wildman–Crippen MR) is 92.6 cm³/mol. The average Bonchev–Trinajstić information content (AvgIpc) is 3.12. The molecule has 2 aliphatic rings. The first-order valence-corrected chi connectivity index (χ1v) is 8.89. The van der Waals surface area contributed by atoms with Crippen LogP contribution >= 0.6 is 0 Å². The van der Waals surface area contributed by atoms with Crippen LogP contribution in [0, 0.1) is 5.92 Å². The molecule has 2 aromatic rings. The van der Waals surface area contributed by atoms with Crippen LogP contribution in [0.3, 0.4) is 0 Å². The van der Waals surface area contributed by atoms with Crippen LogP contribution in [0.1, 0.15) is 31.0 Å². The van der Waals surface area contributed by atoms with Gasteiger partial charge in [-0.05, 0) is 64.5 Å². The smallest absolute Gasteiger partial charge is 0.160 e. The lowest BCUT2D eigenvalue weighted by molar-refractivity contribution is 0.241. The molecule has 124 valence electrons. The van der Waals surface area contributed by atoms with Crippen LogP contribution in [0.5, 0.6) is 0 Å². The maximum atomic E-state index is 4.99. The highest BCUT2D eigenvalue weighted by atomic mass is 15.2. The molecule has 2 atom stereocenters. The Balaban J connectivity index is 1.69. The van der Waals surface area contributed by atoms with Gasteiger partial charge in [-0.3, -0.25) is 0 Å². The summed E-state index contributed by atoms with van der Waals surface area (Å²) in [6, 6.07) is 4.11. The van der Waals surface area contributed by atoms with E-state index in [4.69, 9.17) is 4.98 Å². The minimum Gasteiger partial charge on any atom is -0.312 e. The number of fused-ring (bicyclic) bond motifs is 1. The van der Waals surface area contributed by atoms with Crippen molar-refractivity contribution in [3.63, 3.8) is 0 Å². The molecule has 2 aliphatic heterocycles. The molecule has 0 radical (unpaired) electrons. The summed E-state index contributed by atoms with van der Waals surface area (Å²) in [5.74, 6) is 2.53. The quantitative estimate of drug-likeness (QED) is 0.870. The Morgan fingerprint density at radius 3 is 2.78 bits per heavy atom. The standard InChI is InChI=1S/C18H27N5/c1-21-9-4-5-15(13-21)17-20-16-6-3-8-19-18(16)23(17)12-14-7-10-22(2)11-14/h3,6,8,14-15H,4-5,7,9-13H2,1-2H3. The molecule has 5 nitrogen and oxygen atoms in total. The molecule has 0 bridgehead atoms. The van der Waals surface area contributed by atoms with Gasteiger partial charge in [0.05, 0.1) is 0 Å². The van der Waals surface area contributed by atoms with Gasteiger partial charge in [0.2, 0.25) is 0 Å². The van der Waals surface area contributed by atoms with Crippen LogP contribution in [0.4, 0.5) is 0 Å². The molecule has 23 heavy (non-hydrogen) atoms. The van der Waals surface area contributed by atoms with E-state index in [1.165, 1.54) is 44.7 Å². The molecule has 2 saturated heterocycles. The van der Waals surface area contributed by atoms with Crippen molar-refractivity contribution in [2.75, 3.05) is 40.3 Å². The van der Waals surface area contributed by atoms with Crippen LogP contribution in [0.2, 0.25) is 0 Å². The number of likely N-dealkylation sites (tertiary alicyclic amines) is 2. The molecule has 0 saturated carbocycles. The summed E-state index contributed by atoms with van der Waals surface area (Å²) in [4.78, 5) is 14.5. The fraction of sp³-hybridized carbons (Fsp3) is 0.667. The Labute approximate surface area is 138 Å². The van der Waals surface area contributed by atoms with Crippen molar-refractivity contribution >= 4 is 11.2 Å². The maximum absolute atomic E-state index is 4.99. The number of hydrogen-bond acceptors (Lipinski definition) is 4. The molecule has 2 fully saturated rings. The number of piperidine rings is 1. The zero-order valence-corrected chi connectivity index (χ0v) is 14.3. The lowest BCUT2D eigenvalue weighted by Crippen LogP contribution is -2.32. The monoisotopic (exact) mass is 313 g/mol. The molecule has 0 amide bonds. The molecule has 0 spiro atoms. The van der Waals surface area contributed by atoms with Gasteiger partial charge in [0.1, 0.15) is 11.3 Å². The lowest BCUT2D eigenvalue weighted by atomic mass is 9.97. The molecular weight excluding hydrogens is 286 g/mol. The first-order valence-electron chi connectivity index (χ1n) is 8.89. The van der Waals surface area contributed by atoms with Crippen molar-refractivity contribution in [2.45, 2.75) is 31.7 Å². The van der Waals surface area contributed by atoms with E-state index in [1.54, 1.807) is 0 Å². The summed E-state index contributed by atoms with van der Waals surface area (Å²) in [5.41, 5.74) is 2.13. The average molecular weight is 313 g/mol. The number of aromatic nitrogens is 3. The van der Waals surface area contributed by atoms with Crippen molar-refractivity contribution in [1.82, 2.24) is 24.3 Å². The van der Waals surface area contributed by atoms with Crippen molar-refractivity contribution in [2.24, 2.45) is 5.92 Å². The second-order valence-corrected chi connectivity index (χ2v) is 7.45. The second-order valence-electron chi connectivity index (χ2n) is 7.45. The Bertz CT molecular complexity index is 679. The van der Waals surface area contributed by atoms with Gasteiger partial charge in [-0.25, -0.2) is 9.97 Å². The molecule has 5 heteroatoms. The van der Waals surface area contributed by atoms with Crippen molar-refractivity contribution in [3.05, 3.63) is 24.2 Å². The predicted octanol–water partition coefficient (Wildman–Crippen LogP) is 2.19. The Hall–Kier alpha value is -1.46. The van der Waals surface area contributed by atoms with Crippen LogP contribution in [0.15, 0.2) is 18.3 Å². The zero-order chi connectivity index (χ0) is 15.8. The van der Waals surface area contributed by atoms with Crippen LogP contribution in [-0.2, 0) is 6.54 Å². The summed E-state index contributed by atoms with van der Waals surface area (Å²) in [6.07, 6.45) is 5.70. The Morgan fingerprint density at radius 1 is 1.13 bits per heavy atom. The Morgan fingerprint density at radius 2 is 2.00 bits per heavy atom. The third-order valence-electron chi connectivity index (χ3n) is 5.45. The highest BCUT2D eigenvalue weighted by Gasteiger charge is 2.27. The van der Waals surface area contributed by atoms with Crippen LogP contribution in [-0.4, -0.2) is 64.6 Å². The maximum Gasteiger partial charge on any atom is 0.160 e. The SMILES string of the molecule is CN1CCC(Cn2c(C3CCCN(C)C3)nc3cccnc32)C1. The molecule has 0 aliphatic carbocycles. The number of imidazole rings is 1. The van der Waals surface area contributed by atoms with Gasteiger partial charge in [0, 0.05) is 31.7 Å². The molecule has 4 rings (SSSR count). The van der Waals surface area contributed by atoms with Gasteiger partial charge >= 0.3 is 0 Å². The van der Waals surface area contributed by atoms with E-state index in [-0.39, 0.29) is 0 Å². The number of nitrogens with zero attached hydrogens (tertiary/aromatic N) is 5. The molecule has 2 aromatic heterocycles. The summed E-state index contributed by atoms with van der Waals surface area (Å²) in [5, 5.41) is 0. The third kappa shape index (κ3) is 3.00. The number of hydrogen-bond donors (Lipinski definition) is 0. The minimum absolute atomic E-state index is 0.544. The van der Waals surface area contributed by atoms with Gasteiger partial charge in [-0.2, -0.15) is 0 Å². The van der Waals surface area contributed by atoms with Gasteiger partial charge < -0.3 is 14.4 Å². The highest BCUT2D eigenvalue weighted by Crippen LogP contribution is 2.30. The van der Waals surface area contributed by atoms with Crippen molar-refractivity contribution < 1.29 is 0 Å². The summed E-state index contributed by atoms with van der Waals surface area (Å²) in [7, 11) is 4.45. The highest BCUT2D eigenvalue weighted by molar-refractivity contribution is 5.71. The van der Waals surface area contributed by atoms with Gasteiger partial charge in [0.25, 0.3) is 0 Å². The molecule has 2 unspecified atom stereocenters. The summed E-state index contributed by atoms with van der Waals surface area (Å²) in [6.45, 7) is 5.80. The van der Waals surface area contributed by atoms with Crippen molar-refractivity contribution in [1.29, 1.82) is 0 Å². The largest absolute Gasteiger partial charge is 0.312 e. The van der Waals surface area contributed by atoms with E-state index in [2.05, 4.69) is 39.5 Å². The number of pyridine rings is 1. The third-order valence-corrected chi connectivity index (χ3v) is 5.45. The van der Waals surface area contributed by atoms with E-state index >= 15 is 0 Å². The fourth-order valence-electron chi connectivity index (χ4n) is 4.28. The van der Waals surface area contributed by atoms with E-state index < -0.39 is 0 Å². The van der Waals surface area contributed by atoms with Crippen molar-refractivity contribution in [3.8, 4) is 0 Å². The normalized spacial score (nSPS) is 27.0. The van der Waals surface area contributed by atoms with Gasteiger partial charge in [-0.15, -0.1) is 0 Å². The Kier molecular flexibility index (Phi) is 4.07. The van der Waals surface area contributed by atoms with Gasteiger partial charge in [-0.1, -0.05) is 0 Å². The molecule has 0 aromatic carbocycles. The topological polar surface area (TPSA) is 37.2 Å². The molecule has 4 heterocycles.